The molecule has 0 bridgehead atoms. The molecule has 0 amide bonds. The van der Waals surface area contributed by atoms with Gasteiger partial charge in [0.25, 0.3) is 5.56 Å². The molecule has 0 atom stereocenters. The first-order valence-corrected chi connectivity index (χ1v) is 6.77. The van der Waals surface area contributed by atoms with Crippen LogP contribution >= 0.6 is 0 Å². The maximum absolute atomic E-state index is 12.3. The minimum atomic E-state index is -0.475. The molecule has 0 spiro atoms. The molecule has 0 saturated carbocycles. The quantitative estimate of drug-likeness (QED) is 0.594. The number of hydrogen-bond acceptors (Lipinski definition) is 4. The van der Waals surface area contributed by atoms with Crippen LogP contribution < -0.4 is 16.8 Å². The molecule has 3 rings (SSSR count). The number of imidazole rings is 1. The Balaban J connectivity index is 2.08. The van der Waals surface area contributed by atoms with Gasteiger partial charge < -0.3 is 9.55 Å². The van der Waals surface area contributed by atoms with Crippen molar-refractivity contribution in [2.24, 2.45) is 14.1 Å². The predicted molar refractivity (Wildman–Crippen MR) is 84.2 cm³/mol. The van der Waals surface area contributed by atoms with Crippen LogP contribution in [0.4, 0.5) is 0 Å². The Bertz CT molecular complexity index is 1110. The molecule has 116 valence electrons. The van der Waals surface area contributed by atoms with Gasteiger partial charge in [0, 0.05) is 31.9 Å². The minimum absolute atomic E-state index is 0.0829. The van der Waals surface area contributed by atoms with Crippen molar-refractivity contribution in [3.05, 3.63) is 61.4 Å². The summed E-state index contributed by atoms with van der Waals surface area (Å²) in [5.41, 5.74) is 0.195. The Morgan fingerprint density at radius 1 is 1.22 bits per heavy atom. The van der Waals surface area contributed by atoms with Crippen molar-refractivity contribution in [1.82, 2.24) is 23.7 Å². The number of fused-ring (bicyclic) bond motifs is 1. The number of aromatic nitrogens is 5. The van der Waals surface area contributed by atoms with Gasteiger partial charge in [-0.05, 0) is 6.07 Å². The van der Waals surface area contributed by atoms with E-state index in [1.54, 1.807) is 17.7 Å². The Morgan fingerprint density at radius 3 is 2.70 bits per heavy atom. The molecule has 1 N–H and O–H groups in total. The third-order valence-corrected chi connectivity index (χ3v) is 3.45. The molecule has 0 aromatic carbocycles. The average molecular weight is 311 g/mol. The first-order valence-electron chi connectivity index (χ1n) is 6.77. The average Bonchev–Trinajstić information content (AvgIpc) is 2.92. The summed E-state index contributed by atoms with van der Waals surface area (Å²) < 4.78 is 3.95. The van der Waals surface area contributed by atoms with Gasteiger partial charge >= 0.3 is 5.69 Å². The van der Waals surface area contributed by atoms with Crippen LogP contribution in [0.3, 0.4) is 0 Å². The molecule has 8 heteroatoms. The Labute approximate surface area is 129 Å². The van der Waals surface area contributed by atoms with Gasteiger partial charge in [-0.2, -0.15) is 0 Å². The fourth-order valence-electron chi connectivity index (χ4n) is 2.23. The van der Waals surface area contributed by atoms with Crippen molar-refractivity contribution in [3.8, 4) is 11.8 Å². The second kappa shape index (κ2) is 5.46. The van der Waals surface area contributed by atoms with E-state index in [9.17, 15) is 14.4 Å². The Kier molecular flexibility index (Phi) is 3.46. The summed E-state index contributed by atoms with van der Waals surface area (Å²) in [6, 6.07) is 2.96. The number of H-pyrrole nitrogens is 1. The van der Waals surface area contributed by atoms with Gasteiger partial charge in [-0.15, -0.1) is 0 Å². The summed E-state index contributed by atoms with van der Waals surface area (Å²) in [6.07, 6.45) is 2.98. The van der Waals surface area contributed by atoms with Crippen LogP contribution in [0.2, 0.25) is 0 Å². The molecule has 3 aromatic heterocycles. The Morgan fingerprint density at radius 2 is 2.00 bits per heavy atom. The lowest BCUT2D eigenvalue weighted by Gasteiger charge is -2.05. The van der Waals surface area contributed by atoms with E-state index in [0.717, 1.165) is 4.57 Å². The van der Waals surface area contributed by atoms with E-state index >= 15 is 0 Å². The molecule has 0 unspecified atom stereocenters. The first-order chi connectivity index (χ1) is 11.0. The van der Waals surface area contributed by atoms with Gasteiger partial charge in [0.05, 0.1) is 12.9 Å². The summed E-state index contributed by atoms with van der Waals surface area (Å²) in [4.78, 5) is 42.0. The SMILES string of the molecule is Cn1c(=O)c2c(ncn2C)n(CC#Cc2ccc(=O)[nH]c2)c1=O. The maximum Gasteiger partial charge on any atom is 0.333 e. The van der Waals surface area contributed by atoms with Crippen LogP contribution in [0.15, 0.2) is 39.0 Å². The topological polar surface area (TPSA) is 94.7 Å². The van der Waals surface area contributed by atoms with Crippen LogP contribution in [0, 0.1) is 11.8 Å². The number of nitrogens with zero attached hydrogens (tertiary/aromatic N) is 4. The lowest BCUT2D eigenvalue weighted by molar-refractivity contribution is 0.682. The smallest absolute Gasteiger partial charge is 0.328 e. The van der Waals surface area contributed by atoms with Gasteiger partial charge in [-0.1, -0.05) is 11.8 Å². The van der Waals surface area contributed by atoms with Gasteiger partial charge in [0.15, 0.2) is 11.2 Å². The zero-order chi connectivity index (χ0) is 16.6. The molecular weight excluding hydrogens is 298 g/mol. The van der Waals surface area contributed by atoms with Gasteiger partial charge in [-0.25, -0.2) is 9.78 Å². The van der Waals surface area contributed by atoms with Crippen molar-refractivity contribution in [1.29, 1.82) is 0 Å². The van der Waals surface area contributed by atoms with Crippen molar-refractivity contribution in [2.75, 3.05) is 0 Å². The van der Waals surface area contributed by atoms with Gasteiger partial charge in [0.2, 0.25) is 5.56 Å². The summed E-state index contributed by atoms with van der Waals surface area (Å²) in [7, 11) is 3.11. The molecule has 3 heterocycles. The number of nitrogens with one attached hydrogen (secondary N) is 1. The van der Waals surface area contributed by atoms with Gasteiger partial charge in [-0.3, -0.25) is 18.7 Å². The van der Waals surface area contributed by atoms with E-state index in [-0.39, 0.29) is 12.1 Å². The molecule has 3 aromatic rings. The molecular formula is C15H13N5O3. The molecule has 23 heavy (non-hydrogen) atoms. The van der Waals surface area contributed by atoms with E-state index in [2.05, 4.69) is 21.8 Å². The Hall–Kier alpha value is -3.34. The number of aryl methyl sites for hydroxylation is 1. The second-order valence-corrected chi connectivity index (χ2v) is 5.00. The monoisotopic (exact) mass is 311 g/mol. The highest BCUT2D eigenvalue weighted by molar-refractivity contribution is 5.70. The zero-order valence-electron chi connectivity index (χ0n) is 12.5. The predicted octanol–water partition coefficient (Wildman–Crippen LogP) is -0.826. The van der Waals surface area contributed by atoms with Crippen molar-refractivity contribution >= 4 is 11.2 Å². The van der Waals surface area contributed by atoms with Crippen molar-refractivity contribution in [3.63, 3.8) is 0 Å². The second-order valence-electron chi connectivity index (χ2n) is 5.00. The van der Waals surface area contributed by atoms with Crippen LogP contribution in [0.5, 0.6) is 0 Å². The van der Waals surface area contributed by atoms with Crippen LogP contribution in [0.25, 0.3) is 11.2 Å². The fourth-order valence-corrected chi connectivity index (χ4v) is 2.23. The molecule has 0 aliphatic rings. The maximum atomic E-state index is 12.3. The highest BCUT2D eigenvalue weighted by atomic mass is 16.2. The number of hydrogen-bond donors (Lipinski definition) is 1. The number of pyridine rings is 1. The van der Waals surface area contributed by atoms with E-state index in [0.29, 0.717) is 16.7 Å². The molecule has 0 aliphatic heterocycles. The minimum Gasteiger partial charge on any atom is -0.328 e. The number of aromatic amines is 1. The summed E-state index contributed by atoms with van der Waals surface area (Å²) in [5, 5.41) is 0. The third-order valence-electron chi connectivity index (χ3n) is 3.45. The lowest BCUT2D eigenvalue weighted by Crippen LogP contribution is -2.38. The van der Waals surface area contributed by atoms with E-state index in [4.69, 9.17) is 0 Å². The molecule has 0 saturated heterocycles. The zero-order valence-corrected chi connectivity index (χ0v) is 12.5. The summed E-state index contributed by atoms with van der Waals surface area (Å²) in [5.74, 6) is 5.70. The highest BCUT2D eigenvalue weighted by Gasteiger charge is 2.13. The third kappa shape index (κ3) is 2.48. The highest BCUT2D eigenvalue weighted by Crippen LogP contribution is 2.03. The molecule has 0 fully saturated rings. The van der Waals surface area contributed by atoms with Crippen LogP contribution in [-0.2, 0) is 20.6 Å². The molecule has 0 radical (unpaired) electrons. The fraction of sp³-hybridized carbons (Fsp3) is 0.200. The van der Waals surface area contributed by atoms with Crippen molar-refractivity contribution in [2.45, 2.75) is 6.54 Å². The van der Waals surface area contributed by atoms with Crippen LogP contribution in [-0.4, -0.2) is 23.7 Å². The van der Waals surface area contributed by atoms with Crippen molar-refractivity contribution < 1.29 is 0 Å². The van der Waals surface area contributed by atoms with E-state index in [1.165, 1.54) is 30.2 Å². The van der Waals surface area contributed by atoms with E-state index < -0.39 is 11.2 Å². The standard InChI is InChI=1S/C15H13N5O3/c1-18-9-17-13-12(18)14(22)19(2)15(23)20(13)7-3-4-10-5-6-11(21)16-8-10/h5-6,8-9H,7H2,1-2H3,(H,16,21). The molecule has 0 aliphatic carbocycles. The van der Waals surface area contributed by atoms with Gasteiger partial charge in [0.1, 0.15) is 0 Å². The first kappa shape index (κ1) is 14.6. The summed E-state index contributed by atoms with van der Waals surface area (Å²) >= 11 is 0. The lowest BCUT2D eigenvalue weighted by atomic mass is 10.3. The summed E-state index contributed by atoms with van der Waals surface area (Å²) in [6.45, 7) is 0.0829. The van der Waals surface area contributed by atoms with E-state index in [1.807, 2.05) is 0 Å². The van der Waals surface area contributed by atoms with Crippen LogP contribution in [0.1, 0.15) is 5.56 Å². The number of rotatable bonds is 1. The normalized spacial score (nSPS) is 10.5. The largest absolute Gasteiger partial charge is 0.333 e. The molecule has 8 nitrogen and oxygen atoms in total.